The lowest BCUT2D eigenvalue weighted by Crippen LogP contribution is -2.46. The van der Waals surface area contributed by atoms with Crippen LogP contribution in [0.25, 0.3) is 11.1 Å². The number of ether oxygens (including phenoxy) is 1. The monoisotopic (exact) mass is 462 g/mol. The van der Waals surface area contributed by atoms with Gasteiger partial charge in [-0.1, -0.05) is 55.0 Å². The second-order valence-electron chi connectivity index (χ2n) is 9.87. The molecular weight excluding hydrogens is 432 g/mol. The van der Waals surface area contributed by atoms with Crippen LogP contribution in [0.5, 0.6) is 0 Å². The molecule has 2 saturated carbocycles. The molecule has 3 aliphatic carbocycles. The predicted molar refractivity (Wildman–Crippen MR) is 126 cm³/mol. The number of amides is 2. The number of hydrogen-bond acceptors (Lipinski definition) is 4. The average molecular weight is 463 g/mol. The fraction of sp³-hybridized carbons (Fsp3) is 0.444. The van der Waals surface area contributed by atoms with Gasteiger partial charge < -0.3 is 20.5 Å². The SMILES string of the molecule is O=C(O)CC1(NC(=O)[C@@H]2CCC[C@@H](NC(=O)OCC3c4ccccc4-c4ccccc43)C2)CC1. The highest BCUT2D eigenvalue weighted by Gasteiger charge is 2.47. The van der Waals surface area contributed by atoms with Gasteiger partial charge in [-0.3, -0.25) is 9.59 Å². The Kier molecular flexibility index (Phi) is 6.02. The molecule has 0 bridgehead atoms. The molecule has 0 radical (unpaired) electrons. The second kappa shape index (κ2) is 9.12. The minimum absolute atomic E-state index is 0.00648. The lowest BCUT2D eigenvalue weighted by atomic mass is 9.85. The Bertz CT molecular complexity index is 1060. The smallest absolute Gasteiger partial charge is 0.407 e. The van der Waals surface area contributed by atoms with Crippen LogP contribution in [0.3, 0.4) is 0 Å². The standard InChI is InChI=1S/C27H30N2O5/c30-24(31)15-27(12-13-27)29-25(32)17-6-5-7-18(14-17)28-26(33)34-16-23-21-10-3-1-8-19(21)20-9-2-4-11-22(20)23/h1-4,8-11,17-18,23H,5-7,12-16H2,(H,28,33)(H,29,32)(H,30,31)/t17-,18-/m1/s1. The molecule has 0 saturated heterocycles. The summed E-state index contributed by atoms with van der Waals surface area (Å²) in [5.74, 6) is -1.21. The molecule has 2 atom stereocenters. The lowest BCUT2D eigenvalue weighted by Gasteiger charge is -2.30. The van der Waals surface area contributed by atoms with Gasteiger partial charge in [0.2, 0.25) is 5.91 Å². The molecule has 2 fully saturated rings. The minimum atomic E-state index is -0.892. The van der Waals surface area contributed by atoms with Crippen LogP contribution < -0.4 is 10.6 Å². The summed E-state index contributed by atoms with van der Waals surface area (Å²) in [5.41, 5.74) is 4.13. The molecule has 3 aliphatic rings. The van der Waals surface area contributed by atoms with E-state index in [1.165, 1.54) is 22.3 Å². The maximum atomic E-state index is 12.8. The molecule has 0 heterocycles. The van der Waals surface area contributed by atoms with Crippen LogP contribution in [-0.4, -0.2) is 41.3 Å². The van der Waals surface area contributed by atoms with Crippen LogP contribution in [-0.2, 0) is 14.3 Å². The van der Waals surface area contributed by atoms with E-state index >= 15 is 0 Å². The van der Waals surface area contributed by atoms with Crippen molar-refractivity contribution in [2.75, 3.05) is 6.61 Å². The molecule has 2 aromatic carbocycles. The molecule has 0 unspecified atom stereocenters. The van der Waals surface area contributed by atoms with E-state index in [9.17, 15) is 14.4 Å². The fourth-order valence-electron chi connectivity index (χ4n) is 5.52. The number of benzene rings is 2. The summed E-state index contributed by atoms with van der Waals surface area (Å²) in [5, 5.41) is 15.0. The Hall–Kier alpha value is -3.35. The van der Waals surface area contributed by atoms with E-state index in [4.69, 9.17) is 9.84 Å². The first-order valence-corrected chi connectivity index (χ1v) is 12.1. The van der Waals surface area contributed by atoms with Gasteiger partial charge >= 0.3 is 12.1 Å². The summed E-state index contributed by atoms with van der Waals surface area (Å²) in [6.07, 6.45) is 3.84. The highest BCUT2D eigenvalue weighted by atomic mass is 16.5. The highest BCUT2D eigenvalue weighted by molar-refractivity contribution is 5.82. The van der Waals surface area contributed by atoms with Crippen molar-refractivity contribution in [2.24, 2.45) is 5.92 Å². The van der Waals surface area contributed by atoms with E-state index in [2.05, 4.69) is 34.9 Å². The van der Waals surface area contributed by atoms with Gasteiger partial charge in [0.1, 0.15) is 6.61 Å². The summed E-state index contributed by atoms with van der Waals surface area (Å²) in [6, 6.07) is 16.3. The molecule has 34 heavy (non-hydrogen) atoms. The number of carboxylic acids is 1. The third kappa shape index (κ3) is 4.65. The summed E-state index contributed by atoms with van der Waals surface area (Å²) < 4.78 is 5.66. The quantitative estimate of drug-likeness (QED) is 0.572. The molecule has 0 aliphatic heterocycles. The summed E-state index contributed by atoms with van der Waals surface area (Å²) >= 11 is 0. The van der Waals surface area contributed by atoms with Crippen LogP contribution >= 0.6 is 0 Å². The molecule has 0 spiro atoms. The zero-order valence-electron chi connectivity index (χ0n) is 19.1. The maximum Gasteiger partial charge on any atom is 0.407 e. The van der Waals surface area contributed by atoms with Crippen molar-refractivity contribution in [1.29, 1.82) is 0 Å². The van der Waals surface area contributed by atoms with Gasteiger partial charge in [0.15, 0.2) is 0 Å². The maximum absolute atomic E-state index is 12.8. The van der Waals surface area contributed by atoms with Crippen molar-refractivity contribution < 1.29 is 24.2 Å². The molecule has 2 amide bonds. The van der Waals surface area contributed by atoms with Crippen molar-refractivity contribution in [3.63, 3.8) is 0 Å². The van der Waals surface area contributed by atoms with Gasteiger partial charge in [0, 0.05) is 17.9 Å². The third-order valence-electron chi connectivity index (χ3n) is 7.44. The van der Waals surface area contributed by atoms with E-state index in [1.54, 1.807) is 0 Å². The van der Waals surface area contributed by atoms with Gasteiger partial charge in [-0.25, -0.2) is 4.79 Å². The van der Waals surface area contributed by atoms with Crippen molar-refractivity contribution in [3.8, 4) is 11.1 Å². The van der Waals surface area contributed by atoms with Gasteiger partial charge in [0.05, 0.1) is 12.0 Å². The molecule has 7 heteroatoms. The number of rotatable bonds is 7. The Labute approximate surface area is 198 Å². The number of carbonyl (C=O) groups excluding carboxylic acids is 2. The molecule has 0 aromatic heterocycles. The Morgan fingerprint density at radius 2 is 1.62 bits per heavy atom. The molecule has 178 valence electrons. The third-order valence-corrected chi connectivity index (χ3v) is 7.44. The van der Waals surface area contributed by atoms with Crippen LogP contribution in [0.2, 0.25) is 0 Å². The summed E-state index contributed by atoms with van der Waals surface area (Å²) in [4.78, 5) is 36.4. The summed E-state index contributed by atoms with van der Waals surface area (Å²) in [7, 11) is 0. The number of alkyl carbamates (subject to hydrolysis) is 1. The van der Waals surface area contributed by atoms with E-state index in [0.717, 1.165) is 19.3 Å². The Balaban J connectivity index is 1.15. The molecule has 2 aromatic rings. The van der Waals surface area contributed by atoms with Gasteiger partial charge in [-0.15, -0.1) is 0 Å². The fourth-order valence-corrected chi connectivity index (χ4v) is 5.52. The number of carbonyl (C=O) groups is 3. The largest absolute Gasteiger partial charge is 0.481 e. The highest BCUT2D eigenvalue weighted by Crippen LogP contribution is 2.44. The first-order chi connectivity index (χ1) is 16.4. The number of hydrogen-bond donors (Lipinski definition) is 3. The molecule has 7 nitrogen and oxygen atoms in total. The van der Waals surface area contributed by atoms with Crippen molar-refractivity contribution >= 4 is 18.0 Å². The zero-order chi connectivity index (χ0) is 23.7. The van der Waals surface area contributed by atoms with Crippen LogP contribution in [0.1, 0.15) is 62.0 Å². The normalized spacial score (nSPS) is 22.2. The zero-order valence-corrected chi connectivity index (χ0v) is 19.1. The van der Waals surface area contributed by atoms with Crippen molar-refractivity contribution in [3.05, 3.63) is 59.7 Å². The second-order valence-corrected chi connectivity index (χ2v) is 9.87. The first kappa shape index (κ1) is 22.4. The Morgan fingerprint density at radius 3 is 2.24 bits per heavy atom. The lowest BCUT2D eigenvalue weighted by molar-refractivity contribution is -0.138. The van der Waals surface area contributed by atoms with Crippen LogP contribution in [0, 0.1) is 5.92 Å². The number of carboxylic acid groups (broad SMARTS) is 1. The van der Waals surface area contributed by atoms with E-state index in [1.807, 2.05) is 24.3 Å². The number of fused-ring (bicyclic) bond motifs is 3. The number of nitrogens with one attached hydrogen (secondary N) is 2. The summed E-state index contributed by atoms with van der Waals surface area (Å²) in [6.45, 7) is 0.258. The number of aliphatic carboxylic acids is 1. The predicted octanol–water partition coefficient (Wildman–Crippen LogP) is 4.21. The molecule has 3 N–H and O–H groups in total. The van der Waals surface area contributed by atoms with Gasteiger partial charge in [-0.05, 0) is 54.4 Å². The van der Waals surface area contributed by atoms with E-state index < -0.39 is 17.6 Å². The van der Waals surface area contributed by atoms with Crippen molar-refractivity contribution in [2.45, 2.75) is 62.4 Å². The van der Waals surface area contributed by atoms with E-state index in [-0.39, 0.29) is 36.8 Å². The van der Waals surface area contributed by atoms with Crippen LogP contribution in [0.15, 0.2) is 48.5 Å². The average Bonchev–Trinajstić information content (AvgIpc) is 3.49. The van der Waals surface area contributed by atoms with Crippen LogP contribution in [0.4, 0.5) is 4.79 Å². The first-order valence-electron chi connectivity index (χ1n) is 12.1. The Morgan fingerprint density at radius 1 is 0.971 bits per heavy atom. The minimum Gasteiger partial charge on any atom is -0.481 e. The van der Waals surface area contributed by atoms with Gasteiger partial charge in [0.25, 0.3) is 0 Å². The molecule has 5 rings (SSSR count). The molecular formula is C27H30N2O5. The van der Waals surface area contributed by atoms with E-state index in [0.29, 0.717) is 19.3 Å². The van der Waals surface area contributed by atoms with Gasteiger partial charge in [-0.2, -0.15) is 0 Å². The topological polar surface area (TPSA) is 105 Å². The van der Waals surface area contributed by atoms with Crippen molar-refractivity contribution in [1.82, 2.24) is 10.6 Å².